The number of rotatable bonds is 4. The van der Waals surface area contributed by atoms with E-state index in [4.69, 9.17) is 5.14 Å². The molecule has 0 bridgehead atoms. The average Bonchev–Trinajstić information content (AvgIpc) is 2.59. The summed E-state index contributed by atoms with van der Waals surface area (Å²) < 4.78 is 22.6. The Kier molecular flexibility index (Phi) is 4.11. The van der Waals surface area contributed by atoms with Gasteiger partial charge in [0.05, 0.1) is 0 Å². The summed E-state index contributed by atoms with van der Waals surface area (Å²) in [6.07, 6.45) is 0. The number of carbonyl (C=O) groups is 1. The van der Waals surface area contributed by atoms with Crippen molar-refractivity contribution in [1.82, 2.24) is 0 Å². The number of sulfonamides is 1. The van der Waals surface area contributed by atoms with E-state index < -0.39 is 10.0 Å². The first-order chi connectivity index (χ1) is 7.64. The minimum Gasteiger partial charge on any atom is -0.294 e. The van der Waals surface area contributed by atoms with E-state index in [9.17, 15) is 13.2 Å². The van der Waals surface area contributed by atoms with Crippen molar-refractivity contribution in [2.75, 3.05) is 0 Å². The molecular formula is C11H17NO3S2. The second-order valence-electron chi connectivity index (χ2n) is 4.48. The molecule has 0 aliphatic heterocycles. The molecule has 0 aromatic carbocycles. The van der Waals surface area contributed by atoms with Gasteiger partial charge in [-0.2, -0.15) is 0 Å². The highest BCUT2D eigenvalue weighted by Crippen LogP contribution is 2.35. The van der Waals surface area contributed by atoms with Gasteiger partial charge in [-0.3, -0.25) is 4.79 Å². The zero-order chi connectivity index (χ0) is 13.4. The van der Waals surface area contributed by atoms with Gasteiger partial charge in [0, 0.05) is 10.4 Å². The number of primary sulfonamides is 1. The lowest BCUT2D eigenvalue weighted by Gasteiger charge is -2.14. The van der Waals surface area contributed by atoms with Crippen molar-refractivity contribution < 1.29 is 13.2 Å². The predicted octanol–water partition coefficient (Wildman–Crippen LogP) is 2.36. The fourth-order valence-electron chi connectivity index (χ4n) is 1.44. The molecule has 0 spiro atoms. The van der Waals surface area contributed by atoms with Crippen LogP contribution in [0.15, 0.2) is 10.3 Å². The fraction of sp³-hybridized carbons (Fsp3) is 0.545. The molecule has 0 fully saturated rings. The van der Waals surface area contributed by atoms with Crippen molar-refractivity contribution >= 4 is 27.1 Å². The van der Waals surface area contributed by atoms with Crippen LogP contribution < -0.4 is 5.14 Å². The Hall–Kier alpha value is -0.720. The molecule has 0 saturated heterocycles. The van der Waals surface area contributed by atoms with E-state index in [2.05, 4.69) is 0 Å². The van der Waals surface area contributed by atoms with Crippen molar-refractivity contribution in [1.29, 1.82) is 0 Å². The highest BCUT2D eigenvalue weighted by atomic mass is 32.2. The second kappa shape index (κ2) is 4.88. The zero-order valence-corrected chi connectivity index (χ0v) is 12.0. The number of hydrogen-bond donors (Lipinski definition) is 1. The molecule has 0 saturated carbocycles. The van der Waals surface area contributed by atoms with Gasteiger partial charge >= 0.3 is 0 Å². The monoisotopic (exact) mass is 275 g/mol. The largest absolute Gasteiger partial charge is 0.294 e. The molecule has 0 aliphatic rings. The van der Waals surface area contributed by atoms with Crippen LogP contribution in [0.4, 0.5) is 0 Å². The van der Waals surface area contributed by atoms with Crippen LogP contribution in [0.25, 0.3) is 0 Å². The van der Waals surface area contributed by atoms with Gasteiger partial charge in [0.25, 0.3) is 0 Å². The maximum absolute atomic E-state index is 11.5. The van der Waals surface area contributed by atoms with Crippen molar-refractivity contribution in [3.05, 3.63) is 16.5 Å². The molecule has 1 unspecified atom stereocenters. The molecular weight excluding hydrogens is 258 g/mol. The summed E-state index contributed by atoms with van der Waals surface area (Å²) in [6.45, 7) is 7.48. The Morgan fingerprint density at radius 1 is 1.35 bits per heavy atom. The third-order valence-corrected chi connectivity index (χ3v) is 5.57. The number of carbonyl (C=O) groups excluding carboxylic acids is 1. The summed E-state index contributed by atoms with van der Waals surface area (Å²) in [5, 5.41) is 5.09. The lowest BCUT2D eigenvalue weighted by Crippen LogP contribution is -2.10. The molecule has 17 heavy (non-hydrogen) atoms. The van der Waals surface area contributed by atoms with E-state index in [0.29, 0.717) is 11.5 Å². The highest BCUT2D eigenvalue weighted by molar-refractivity contribution is 7.91. The van der Waals surface area contributed by atoms with E-state index in [-0.39, 0.29) is 15.9 Å². The Morgan fingerprint density at radius 2 is 1.88 bits per heavy atom. The molecule has 6 heteroatoms. The number of thiophene rings is 1. The number of Topliss-reactive ketones (excluding diaryl/α,β-unsaturated/α-hetero) is 1. The van der Waals surface area contributed by atoms with Gasteiger partial charge in [-0.05, 0) is 24.8 Å². The predicted molar refractivity (Wildman–Crippen MR) is 68.9 cm³/mol. The molecule has 1 heterocycles. The maximum atomic E-state index is 11.5. The summed E-state index contributed by atoms with van der Waals surface area (Å²) in [4.78, 5) is 12.3. The summed E-state index contributed by atoms with van der Waals surface area (Å²) >= 11 is 1.10. The number of hydrogen-bond acceptors (Lipinski definition) is 4. The molecule has 96 valence electrons. The van der Waals surface area contributed by atoms with Crippen LogP contribution >= 0.6 is 11.3 Å². The van der Waals surface area contributed by atoms with Gasteiger partial charge in [0.1, 0.15) is 4.21 Å². The quantitative estimate of drug-likeness (QED) is 0.857. The van der Waals surface area contributed by atoms with E-state index >= 15 is 0 Å². The molecule has 0 aliphatic carbocycles. The minimum absolute atomic E-state index is 0.0604. The third kappa shape index (κ3) is 3.14. The van der Waals surface area contributed by atoms with E-state index in [0.717, 1.165) is 16.2 Å². The topological polar surface area (TPSA) is 77.2 Å². The maximum Gasteiger partial charge on any atom is 0.247 e. The van der Waals surface area contributed by atoms with Crippen molar-refractivity contribution in [3.8, 4) is 0 Å². The van der Waals surface area contributed by atoms with E-state index in [1.54, 1.807) is 0 Å². The smallest absolute Gasteiger partial charge is 0.247 e. The van der Waals surface area contributed by atoms with Crippen LogP contribution in [0, 0.1) is 5.92 Å². The highest BCUT2D eigenvalue weighted by Gasteiger charge is 2.23. The standard InChI is InChI=1S/C11H17NO3S2/c1-6(2)7(3)11-9(8(4)13)5-10(16-11)17(12,14)15/h5-7H,1-4H3,(H2,12,14,15). The van der Waals surface area contributed by atoms with Crippen LogP contribution in [-0.2, 0) is 10.0 Å². The Morgan fingerprint density at radius 3 is 2.24 bits per heavy atom. The van der Waals surface area contributed by atoms with Crippen LogP contribution in [-0.4, -0.2) is 14.2 Å². The summed E-state index contributed by atoms with van der Waals surface area (Å²) in [5.41, 5.74) is 0.472. The van der Waals surface area contributed by atoms with Crippen molar-refractivity contribution in [2.24, 2.45) is 11.1 Å². The minimum atomic E-state index is -3.73. The van der Waals surface area contributed by atoms with Crippen LogP contribution in [0.1, 0.15) is 48.8 Å². The van der Waals surface area contributed by atoms with Gasteiger partial charge in [-0.15, -0.1) is 11.3 Å². The van der Waals surface area contributed by atoms with Crippen LogP contribution in [0.5, 0.6) is 0 Å². The summed E-state index contributed by atoms with van der Waals surface area (Å²) in [6, 6.07) is 1.39. The molecule has 1 atom stereocenters. The zero-order valence-electron chi connectivity index (χ0n) is 10.4. The van der Waals surface area contributed by atoms with Crippen LogP contribution in [0.2, 0.25) is 0 Å². The van der Waals surface area contributed by atoms with Gasteiger partial charge in [-0.1, -0.05) is 20.8 Å². The third-order valence-electron chi connectivity index (χ3n) is 2.81. The first kappa shape index (κ1) is 14.3. The second-order valence-corrected chi connectivity index (χ2v) is 7.35. The molecule has 1 aromatic rings. The Balaban J connectivity index is 3.39. The number of nitrogens with two attached hydrogens (primary N) is 1. The van der Waals surface area contributed by atoms with Gasteiger partial charge in [-0.25, -0.2) is 13.6 Å². The molecule has 2 N–H and O–H groups in total. The average molecular weight is 275 g/mol. The lowest BCUT2D eigenvalue weighted by molar-refractivity contribution is 0.101. The Bertz CT molecular complexity index is 529. The lowest BCUT2D eigenvalue weighted by atomic mass is 9.93. The van der Waals surface area contributed by atoms with E-state index in [1.165, 1.54) is 13.0 Å². The normalized spacial score (nSPS) is 14.0. The first-order valence-electron chi connectivity index (χ1n) is 5.32. The molecule has 4 nitrogen and oxygen atoms in total. The molecule has 1 rings (SSSR count). The van der Waals surface area contributed by atoms with E-state index in [1.807, 2.05) is 20.8 Å². The van der Waals surface area contributed by atoms with Crippen molar-refractivity contribution in [2.45, 2.75) is 37.8 Å². The summed E-state index contributed by atoms with van der Waals surface area (Å²) in [5.74, 6) is 0.341. The van der Waals surface area contributed by atoms with Gasteiger partial charge in [0.2, 0.25) is 10.0 Å². The fourth-order valence-corrected chi connectivity index (χ4v) is 3.62. The van der Waals surface area contributed by atoms with Crippen LogP contribution in [0.3, 0.4) is 0 Å². The molecule has 0 radical (unpaired) electrons. The van der Waals surface area contributed by atoms with Gasteiger partial charge in [0.15, 0.2) is 5.78 Å². The first-order valence-corrected chi connectivity index (χ1v) is 7.68. The number of ketones is 1. The molecule has 1 aromatic heterocycles. The SMILES string of the molecule is CC(=O)c1cc(S(N)(=O)=O)sc1C(C)C(C)C. The van der Waals surface area contributed by atoms with Gasteiger partial charge < -0.3 is 0 Å². The molecule has 0 amide bonds. The van der Waals surface area contributed by atoms with Crippen molar-refractivity contribution in [3.63, 3.8) is 0 Å². The Labute approximate surface area is 106 Å². The summed E-state index contributed by atoms with van der Waals surface area (Å²) in [7, 11) is -3.73.